The topological polar surface area (TPSA) is 42.0 Å². The molecule has 0 saturated heterocycles. The Morgan fingerprint density at radius 1 is 1.03 bits per heavy atom. The minimum atomic E-state index is -0.636. The van der Waals surface area contributed by atoms with Crippen molar-refractivity contribution < 1.29 is 9.18 Å². The van der Waals surface area contributed by atoms with Gasteiger partial charge in [0.2, 0.25) is 0 Å². The maximum absolute atomic E-state index is 13.9. The van der Waals surface area contributed by atoms with Crippen molar-refractivity contribution in [3.8, 4) is 21.8 Å². The number of carbonyl (C=O) groups is 1. The fraction of sp³-hybridized carbons (Fsp3) is 0.0833. The first kappa shape index (κ1) is 20.3. The lowest BCUT2D eigenvalue weighted by Gasteiger charge is -2.08. The maximum atomic E-state index is 13.9. The van der Waals surface area contributed by atoms with Gasteiger partial charge in [0.1, 0.15) is 10.8 Å². The molecule has 0 aliphatic heterocycles. The normalized spacial score (nSPS) is 10.8. The predicted molar refractivity (Wildman–Crippen MR) is 120 cm³/mol. The minimum absolute atomic E-state index is 0.0935. The monoisotopic (exact) mass is 436 g/mol. The Kier molecular flexibility index (Phi) is 5.93. The van der Waals surface area contributed by atoms with Crippen LogP contribution in [0.1, 0.15) is 21.5 Å². The van der Waals surface area contributed by atoms with Crippen molar-refractivity contribution >= 4 is 28.8 Å². The van der Waals surface area contributed by atoms with Crippen LogP contribution in [0.15, 0.2) is 72.1 Å². The van der Waals surface area contributed by atoms with Gasteiger partial charge in [-0.05, 0) is 24.6 Å². The third-order valence-electron chi connectivity index (χ3n) is 4.70. The summed E-state index contributed by atoms with van der Waals surface area (Å²) >= 11 is 7.53. The SMILES string of the molecule is Cc1ccc(-c2csc(-c3ccc(CNC(=O)c4c(F)cccc4Cl)cc3)n2)cc1. The summed E-state index contributed by atoms with van der Waals surface area (Å²) in [5.74, 6) is -1.17. The van der Waals surface area contributed by atoms with Crippen LogP contribution in [-0.2, 0) is 6.54 Å². The molecule has 0 bridgehead atoms. The van der Waals surface area contributed by atoms with Gasteiger partial charge in [-0.1, -0.05) is 71.8 Å². The zero-order valence-corrected chi connectivity index (χ0v) is 17.7. The Morgan fingerprint density at radius 3 is 2.43 bits per heavy atom. The van der Waals surface area contributed by atoms with Gasteiger partial charge in [-0.2, -0.15) is 0 Å². The summed E-state index contributed by atoms with van der Waals surface area (Å²) in [5.41, 5.74) is 5.03. The molecule has 0 aliphatic carbocycles. The molecule has 0 atom stereocenters. The second-order valence-electron chi connectivity index (χ2n) is 6.88. The average molecular weight is 437 g/mol. The number of aryl methyl sites for hydroxylation is 1. The first-order chi connectivity index (χ1) is 14.5. The Hall–Kier alpha value is -3.02. The third-order valence-corrected chi connectivity index (χ3v) is 5.90. The molecule has 1 N–H and O–H groups in total. The van der Waals surface area contributed by atoms with Crippen molar-refractivity contribution in [1.82, 2.24) is 10.3 Å². The summed E-state index contributed by atoms with van der Waals surface area (Å²) < 4.78 is 13.9. The van der Waals surface area contributed by atoms with Crippen molar-refractivity contribution in [3.05, 3.63) is 99.6 Å². The molecule has 0 aliphatic rings. The molecule has 150 valence electrons. The number of halogens is 2. The van der Waals surface area contributed by atoms with Crippen LogP contribution in [0.3, 0.4) is 0 Å². The zero-order chi connectivity index (χ0) is 21.1. The lowest BCUT2D eigenvalue weighted by molar-refractivity contribution is 0.0947. The van der Waals surface area contributed by atoms with Crippen LogP contribution in [-0.4, -0.2) is 10.9 Å². The maximum Gasteiger partial charge on any atom is 0.256 e. The zero-order valence-electron chi connectivity index (χ0n) is 16.2. The largest absolute Gasteiger partial charge is 0.348 e. The van der Waals surface area contributed by atoms with E-state index in [4.69, 9.17) is 16.6 Å². The first-order valence-corrected chi connectivity index (χ1v) is 10.6. The molecule has 6 heteroatoms. The fourth-order valence-corrected chi connectivity index (χ4v) is 4.10. The summed E-state index contributed by atoms with van der Waals surface area (Å²) in [4.78, 5) is 17.0. The fourth-order valence-electron chi connectivity index (χ4n) is 3.01. The predicted octanol–water partition coefficient (Wildman–Crippen LogP) is 6.51. The lowest BCUT2D eigenvalue weighted by Crippen LogP contribution is -2.24. The highest BCUT2D eigenvalue weighted by Gasteiger charge is 2.15. The van der Waals surface area contributed by atoms with E-state index in [0.29, 0.717) is 0 Å². The van der Waals surface area contributed by atoms with Crippen LogP contribution in [0.25, 0.3) is 21.8 Å². The van der Waals surface area contributed by atoms with Gasteiger partial charge in [0.05, 0.1) is 16.3 Å². The van der Waals surface area contributed by atoms with Crippen molar-refractivity contribution in [2.24, 2.45) is 0 Å². The molecule has 0 saturated carbocycles. The second-order valence-corrected chi connectivity index (χ2v) is 8.15. The Bertz CT molecular complexity index is 1170. The van der Waals surface area contributed by atoms with Gasteiger partial charge in [-0.15, -0.1) is 11.3 Å². The van der Waals surface area contributed by atoms with E-state index < -0.39 is 11.7 Å². The number of nitrogens with one attached hydrogen (secondary N) is 1. The molecule has 1 aromatic heterocycles. The Balaban J connectivity index is 1.43. The van der Waals surface area contributed by atoms with Gasteiger partial charge in [0.15, 0.2) is 0 Å². The molecule has 4 rings (SSSR count). The molecule has 3 nitrogen and oxygen atoms in total. The Morgan fingerprint density at radius 2 is 1.73 bits per heavy atom. The summed E-state index contributed by atoms with van der Waals surface area (Å²) in [7, 11) is 0. The second kappa shape index (κ2) is 8.78. The van der Waals surface area contributed by atoms with Crippen LogP contribution in [0.5, 0.6) is 0 Å². The molecular formula is C24H18ClFN2OS. The lowest BCUT2D eigenvalue weighted by atomic mass is 10.1. The number of hydrogen-bond acceptors (Lipinski definition) is 3. The van der Waals surface area contributed by atoms with E-state index in [1.54, 1.807) is 11.3 Å². The van der Waals surface area contributed by atoms with Crippen LogP contribution in [0, 0.1) is 12.7 Å². The molecule has 1 heterocycles. The third kappa shape index (κ3) is 4.42. The summed E-state index contributed by atoms with van der Waals surface area (Å²) in [6.45, 7) is 2.33. The van der Waals surface area contributed by atoms with Crippen molar-refractivity contribution in [2.75, 3.05) is 0 Å². The molecular weight excluding hydrogens is 419 g/mol. The number of hydrogen-bond donors (Lipinski definition) is 1. The van der Waals surface area contributed by atoms with Crippen LogP contribution in [0.2, 0.25) is 5.02 Å². The van der Waals surface area contributed by atoms with Gasteiger partial charge < -0.3 is 5.32 Å². The molecule has 0 spiro atoms. The van der Waals surface area contributed by atoms with E-state index in [1.807, 2.05) is 29.6 Å². The quantitative estimate of drug-likeness (QED) is 0.387. The van der Waals surface area contributed by atoms with Crippen LogP contribution in [0.4, 0.5) is 4.39 Å². The van der Waals surface area contributed by atoms with Crippen molar-refractivity contribution in [1.29, 1.82) is 0 Å². The van der Waals surface area contributed by atoms with Crippen LogP contribution >= 0.6 is 22.9 Å². The van der Waals surface area contributed by atoms with Crippen LogP contribution < -0.4 is 5.32 Å². The molecule has 0 unspecified atom stereocenters. The Labute approximate surface area is 183 Å². The van der Waals surface area contributed by atoms with Gasteiger partial charge >= 0.3 is 0 Å². The van der Waals surface area contributed by atoms with Gasteiger partial charge in [0, 0.05) is 23.1 Å². The highest BCUT2D eigenvalue weighted by Crippen LogP contribution is 2.29. The molecule has 30 heavy (non-hydrogen) atoms. The van der Waals surface area contributed by atoms with Gasteiger partial charge in [-0.3, -0.25) is 4.79 Å². The number of rotatable bonds is 5. The van der Waals surface area contributed by atoms with Gasteiger partial charge in [-0.25, -0.2) is 9.37 Å². The number of amides is 1. The minimum Gasteiger partial charge on any atom is -0.348 e. The highest BCUT2D eigenvalue weighted by atomic mass is 35.5. The van der Waals surface area contributed by atoms with E-state index in [-0.39, 0.29) is 17.1 Å². The van der Waals surface area contributed by atoms with Crippen molar-refractivity contribution in [3.63, 3.8) is 0 Å². The summed E-state index contributed by atoms with van der Waals surface area (Å²) in [6, 6.07) is 20.3. The average Bonchev–Trinajstić information content (AvgIpc) is 3.23. The van der Waals surface area contributed by atoms with E-state index in [2.05, 4.69) is 36.5 Å². The van der Waals surface area contributed by atoms with E-state index in [9.17, 15) is 9.18 Å². The molecule has 3 aromatic carbocycles. The smallest absolute Gasteiger partial charge is 0.256 e. The van der Waals surface area contributed by atoms with E-state index in [1.165, 1.54) is 23.8 Å². The molecule has 1 amide bonds. The van der Waals surface area contributed by atoms with Crippen molar-refractivity contribution in [2.45, 2.75) is 13.5 Å². The number of nitrogens with zero attached hydrogens (tertiary/aromatic N) is 1. The number of thiazole rings is 1. The molecule has 4 aromatic rings. The number of carbonyl (C=O) groups excluding carboxylic acids is 1. The van der Waals surface area contributed by atoms with E-state index >= 15 is 0 Å². The van der Waals surface area contributed by atoms with E-state index in [0.717, 1.165) is 27.4 Å². The summed E-state index contributed by atoms with van der Waals surface area (Å²) in [6.07, 6.45) is 0. The molecule has 0 fully saturated rings. The molecule has 0 radical (unpaired) electrons. The van der Waals surface area contributed by atoms with Gasteiger partial charge in [0.25, 0.3) is 5.91 Å². The summed E-state index contributed by atoms with van der Waals surface area (Å²) in [5, 5.41) is 5.78. The first-order valence-electron chi connectivity index (χ1n) is 9.35. The standard InChI is InChI=1S/C24H18ClFN2OS/c1-15-5-9-17(10-6-15)21-14-30-24(28-21)18-11-7-16(8-12-18)13-27-23(29)22-19(25)3-2-4-20(22)26/h2-12,14H,13H2,1H3,(H,27,29). The highest BCUT2D eigenvalue weighted by molar-refractivity contribution is 7.13. The number of benzene rings is 3. The number of aromatic nitrogens is 1.